The maximum absolute atomic E-state index is 12.4. The van der Waals surface area contributed by atoms with Crippen molar-refractivity contribution in [2.75, 3.05) is 13.1 Å². The van der Waals surface area contributed by atoms with Gasteiger partial charge < -0.3 is 10.2 Å². The summed E-state index contributed by atoms with van der Waals surface area (Å²) in [6.07, 6.45) is 8.88. The van der Waals surface area contributed by atoms with E-state index in [1.54, 1.807) is 0 Å². The maximum atomic E-state index is 12.4. The van der Waals surface area contributed by atoms with E-state index in [4.69, 9.17) is 0 Å². The maximum Gasteiger partial charge on any atom is 0.240 e. The Morgan fingerprint density at radius 3 is 2.56 bits per heavy atom. The summed E-state index contributed by atoms with van der Waals surface area (Å²) in [5.74, 6) is 1.11. The number of nitrogens with zero attached hydrogens (tertiary/aromatic N) is 1. The summed E-state index contributed by atoms with van der Waals surface area (Å²) in [4.78, 5) is 14.6. The lowest BCUT2D eigenvalue weighted by atomic mass is 9.82. The second-order valence-electron chi connectivity index (χ2n) is 5.80. The number of likely N-dealkylation sites (tertiary alicyclic amines) is 1. The van der Waals surface area contributed by atoms with Crippen molar-refractivity contribution in [3.05, 3.63) is 0 Å². The number of amides is 1. The standard InChI is InChI=1S/C15H28N2O/c1-3-14(12-8-6-5-7-9-12)17-11-10-13(15(17)18)16-4-2/h12-14,16H,3-11H2,1-2H3. The number of hydrogen-bond donors (Lipinski definition) is 1. The third kappa shape index (κ3) is 2.87. The van der Waals surface area contributed by atoms with Crippen LogP contribution < -0.4 is 5.32 Å². The Labute approximate surface area is 111 Å². The Morgan fingerprint density at radius 2 is 1.94 bits per heavy atom. The van der Waals surface area contributed by atoms with Gasteiger partial charge in [-0.3, -0.25) is 4.79 Å². The normalized spacial score (nSPS) is 27.8. The van der Waals surface area contributed by atoms with Gasteiger partial charge in [0, 0.05) is 12.6 Å². The summed E-state index contributed by atoms with van der Waals surface area (Å²) in [6.45, 7) is 6.18. The van der Waals surface area contributed by atoms with Gasteiger partial charge in [0.25, 0.3) is 0 Å². The lowest BCUT2D eigenvalue weighted by molar-refractivity contribution is -0.132. The molecule has 0 aromatic rings. The minimum Gasteiger partial charge on any atom is -0.338 e. The number of rotatable bonds is 5. The minimum absolute atomic E-state index is 0.0904. The summed E-state index contributed by atoms with van der Waals surface area (Å²) in [7, 11) is 0. The van der Waals surface area contributed by atoms with E-state index < -0.39 is 0 Å². The van der Waals surface area contributed by atoms with Crippen LogP contribution in [0, 0.1) is 5.92 Å². The van der Waals surface area contributed by atoms with E-state index in [-0.39, 0.29) is 6.04 Å². The monoisotopic (exact) mass is 252 g/mol. The Bertz CT molecular complexity index is 274. The molecule has 1 aliphatic heterocycles. The van der Waals surface area contributed by atoms with Crippen LogP contribution in [0.15, 0.2) is 0 Å². The van der Waals surface area contributed by atoms with Gasteiger partial charge in [0.2, 0.25) is 5.91 Å². The van der Waals surface area contributed by atoms with Crippen molar-refractivity contribution in [3.63, 3.8) is 0 Å². The van der Waals surface area contributed by atoms with E-state index in [1.165, 1.54) is 32.1 Å². The predicted octanol–water partition coefficient (Wildman–Crippen LogP) is 2.56. The summed E-state index contributed by atoms with van der Waals surface area (Å²) < 4.78 is 0. The first kappa shape index (κ1) is 13.9. The van der Waals surface area contributed by atoms with Gasteiger partial charge in [-0.15, -0.1) is 0 Å². The van der Waals surface area contributed by atoms with Crippen LogP contribution in [0.5, 0.6) is 0 Å². The van der Waals surface area contributed by atoms with Gasteiger partial charge in [-0.05, 0) is 38.1 Å². The van der Waals surface area contributed by atoms with Crippen molar-refractivity contribution < 1.29 is 4.79 Å². The van der Waals surface area contributed by atoms with Crippen LogP contribution in [0.4, 0.5) is 0 Å². The first-order valence-electron chi connectivity index (χ1n) is 7.81. The Kier molecular flexibility index (Phi) is 5.04. The van der Waals surface area contributed by atoms with Gasteiger partial charge in [-0.2, -0.15) is 0 Å². The number of carbonyl (C=O) groups excluding carboxylic acids is 1. The van der Waals surface area contributed by atoms with Crippen LogP contribution in [-0.4, -0.2) is 36.0 Å². The van der Waals surface area contributed by atoms with Gasteiger partial charge in [0.15, 0.2) is 0 Å². The van der Waals surface area contributed by atoms with Gasteiger partial charge in [-0.1, -0.05) is 33.1 Å². The minimum atomic E-state index is 0.0904. The van der Waals surface area contributed by atoms with E-state index in [2.05, 4.69) is 24.1 Å². The fraction of sp³-hybridized carbons (Fsp3) is 0.933. The molecule has 1 saturated heterocycles. The molecule has 1 N–H and O–H groups in total. The van der Waals surface area contributed by atoms with Gasteiger partial charge in [-0.25, -0.2) is 0 Å². The van der Waals surface area contributed by atoms with Crippen LogP contribution >= 0.6 is 0 Å². The molecule has 2 unspecified atom stereocenters. The first-order valence-corrected chi connectivity index (χ1v) is 7.81. The molecule has 1 saturated carbocycles. The molecule has 0 aromatic heterocycles. The average Bonchev–Trinajstić information content (AvgIpc) is 2.75. The fourth-order valence-corrected chi connectivity index (χ4v) is 3.79. The van der Waals surface area contributed by atoms with Gasteiger partial charge in [0.1, 0.15) is 0 Å². The van der Waals surface area contributed by atoms with Crippen molar-refractivity contribution >= 4 is 5.91 Å². The van der Waals surface area contributed by atoms with E-state index >= 15 is 0 Å². The van der Waals surface area contributed by atoms with Gasteiger partial charge in [0.05, 0.1) is 6.04 Å². The highest BCUT2D eigenvalue weighted by Crippen LogP contribution is 2.32. The molecule has 3 nitrogen and oxygen atoms in total. The lowest BCUT2D eigenvalue weighted by Gasteiger charge is -2.36. The number of likely N-dealkylation sites (N-methyl/N-ethyl adjacent to an activating group) is 1. The Balaban J connectivity index is 1.97. The average molecular weight is 252 g/mol. The van der Waals surface area contributed by atoms with Crippen LogP contribution in [-0.2, 0) is 4.79 Å². The summed E-state index contributed by atoms with van der Waals surface area (Å²) in [5, 5.41) is 3.31. The third-order valence-corrected chi connectivity index (χ3v) is 4.70. The summed E-state index contributed by atoms with van der Waals surface area (Å²) in [5.41, 5.74) is 0. The highest BCUT2D eigenvalue weighted by atomic mass is 16.2. The van der Waals surface area contributed by atoms with E-state index in [0.717, 1.165) is 31.8 Å². The Morgan fingerprint density at radius 1 is 1.22 bits per heavy atom. The molecule has 2 rings (SSSR count). The second kappa shape index (κ2) is 6.55. The highest BCUT2D eigenvalue weighted by molar-refractivity contribution is 5.84. The molecule has 1 heterocycles. The zero-order chi connectivity index (χ0) is 13.0. The van der Waals surface area contributed by atoms with Crippen molar-refractivity contribution in [2.24, 2.45) is 5.92 Å². The lowest BCUT2D eigenvalue weighted by Crippen LogP contribution is -2.46. The molecule has 0 spiro atoms. The largest absolute Gasteiger partial charge is 0.338 e. The molecule has 1 amide bonds. The fourth-order valence-electron chi connectivity index (χ4n) is 3.79. The topological polar surface area (TPSA) is 32.3 Å². The summed E-state index contributed by atoms with van der Waals surface area (Å²) >= 11 is 0. The second-order valence-corrected chi connectivity index (χ2v) is 5.80. The molecule has 18 heavy (non-hydrogen) atoms. The van der Waals surface area contributed by atoms with Crippen LogP contribution in [0.3, 0.4) is 0 Å². The van der Waals surface area contributed by atoms with Crippen molar-refractivity contribution in [1.82, 2.24) is 10.2 Å². The molecule has 104 valence electrons. The van der Waals surface area contributed by atoms with Crippen molar-refractivity contribution in [3.8, 4) is 0 Å². The van der Waals surface area contributed by atoms with Crippen LogP contribution in [0.1, 0.15) is 58.8 Å². The van der Waals surface area contributed by atoms with E-state index in [0.29, 0.717) is 11.9 Å². The zero-order valence-corrected chi connectivity index (χ0v) is 12.0. The molecular formula is C15H28N2O. The Hall–Kier alpha value is -0.570. The number of nitrogens with one attached hydrogen (secondary N) is 1. The van der Waals surface area contributed by atoms with E-state index in [1.807, 2.05) is 0 Å². The zero-order valence-electron chi connectivity index (χ0n) is 12.0. The molecule has 0 aromatic carbocycles. The molecule has 0 bridgehead atoms. The quantitative estimate of drug-likeness (QED) is 0.815. The van der Waals surface area contributed by atoms with Crippen molar-refractivity contribution in [1.29, 1.82) is 0 Å². The molecule has 3 heteroatoms. The van der Waals surface area contributed by atoms with Crippen LogP contribution in [0.2, 0.25) is 0 Å². The molecule has 2 fully saturated rings. The molecule has 1 aliphatic carbocycles. The summed E-state index contributed by atoms with van der Waals surface area (Å²) in [6, 6.07) is 0.592. The third-order valence-electron chi connectivity index (χ3n) is 4.70. The molecule has 2 aliphatic rings. The first-order chi connectivity index (χ1) is 8.77. The number of carbonyl (C=O) groups is 1. The smallest absolute Gasteiger partial charge is 0.240 e. The molecule has 0 radical (unpaired) electrons. The van der Waals surface area contributed by atoms with Crippen molar-refractivity contribution in [2.45, 2.75) is 70.9 Å². The number of hydrogen-bond acceptors (Lipinski definition) is 2. The highest BCUT2D eigenvalue weighted by Gasteiger charge is 2.37. The predicted molar refractivity (Wildman–Crippen MR) is 74.4 cm³/mol. The van der Waals surface area contributed by atoms with E-state index in [9.17, 15) is 4.79 Å². The van der Waals surface area contributed by atoms with Crippen LogP contribution in [0.25, 0.3) is 0 Å². The van der Waals surface area contributed by atoms with Gasteiger partial charge >= 0.3 is 0 Å². The molecular weight excluding hydrogens is 224 g/mol. The molecule has 2 atom stereocenters. The SMILES string of the molecule is CCNC1CCN(C(CC)C2CCCCC2)C1=O.